The van der Waals surface area contributed by atoms with Gasteiger partial charge in [0.2, 0.25) is 0 Å². The van der Waals surface area contributed by atoms with E-state index in [2.05, 4.69) is 107 Å². The van der Waals surface area contributed by atoms with Crippen molar-refractivity contribution in [3.8, 4) is 11.5 Å². The molecule has 1 aliphatic rings. The minimum Gasteiger partial charge on any atom is -0.414 e. The number of hydrogen-bond acceptors (Lipinski definition) is 2. The fourth-order valence-electron chi connectivity index (χ4n) is 6.00. The van der Waals surface area contributed by atoms with Crippen molar-refractivity contribution >= 4 is 8.69 Å². The van der Waals surface area contributed by atoms with Crippen LogP contribution in [-0.2, 0) is 28.1 Å². The summed E-state index contributed by atoms with van der Waals surface area (Å²) in [4.78, 5) is 0. The van der Waals surface area contributed by atoms with Crippen molar-refractivity contribution in [1.82, 2.24) is 0 Å². The van der Waals surface area contributed by atoms with Crippen LogP contribution < -0.4 is 9.05 Å². The molecule has 0 N–H and O–H groups in total. The summed E-state index contributed by atoms with van der Waals surface area (Å²) in [6.07, 6.45) is 9.79. The van der Waals surface area contributed by atoms with Gasteiger partial charge in [-0.3, -0.25) is 0 Å². The molecule has 3 rings (SSSR count). The average molecular weight is 585 g/mol. The van der Waals surface area contributed by atoms with E-state index in [1.807, 2.05) is 0 Å². The number of halogens is 1. The summed E-state index contributed by atoms with van der Waals surface area (Å²) in [5.41, 5.74) is 6.57. The molecule has 0 aromatic heterocycles. The molecule has 1 heterocycles. The van der Waals surface area contributed by atoms with Crippen LogP contribution in [0.25, 0.3) is 0 Å². The van der Waals surface area contributed by atoms with E-state index in [4.69, 9.17) is 9.05 Å². The number of benzene rings is 2. The highest BCUT2D eigenvalue weighted by molar-refractivity contribution is 7.42. The molecule has 0 saturated heterocycles. The molecule has 0 saturated carbocycles. The van der Waals surface area contributed by atoms with E-state index in [-0.39, 0.29) is 21.7 Å². The van der Waals surface area contributed by atoms with E-state index in [0.29, 0.717) is 17.9 Å². The molecular weight excluding hydrogens is 526 g/mol. The molecule has 0 radical (unpaired) electrons. The molecule has 2 nitrogen and oxygen atoms in total. The number of fused-ring (bicyclic) bond motifs is 2. The molecule has 230 valence electrons. The first-order valence-corrected chi connectivity index (χ1v) is 17.1. The molecular formula is C37H58FO2P. The first-order valence-electron chi connectivity index (χ1n) is 16.1. The molecule has 0 bridgehead atoms. The zero-order valence-corrected chi connectivity index (χ0v) is 29.2. The number of unbranched alkanes of at least 4 members (excludes halogenated alkanes) is 4. The summed E-state index contributed by atoms with van der Waals surface area (Å²) in [5.74, 6) is 1.40. The van der Waals surface area contributed by atoms with Gasteiger partial charge in [-0.2, -0.15) is 0 Å². The second-order valence-electron chi connectivity index (χ2n) is 15.8. The zero-order chi connectivity index (χ0) is 30.8. The Kier molecular flexibility index (Phi) is 10.7. The molecule has 4 heteroatoms. The van der Waals surface area contributed by atoms with Gasteiger partial charge in [0.15, 0.2) is 0 Å². The fraction of sp³-hybridized carbons (Fsp3) is 0.676. The summed E-state index contributed by atoms with van der Waals surface area (Å²) < 4.78 is 28.5. The molecule has 0 aliphatic carbocycles. The molecule has 0 amide bonds. The minimum absolute atomic E-state index is 0.0366. The van der Waals surface area contributed by atoms with Gasteiger partial charge < -0.3 is 9.05 Å². The second kappa shape index (κ2) is 13.0. The maximum absolute atomic E-state index is 16.0. The minimum atomic E-state index is -2.64. The van der Waals surface area contributed by atoms with Crippen LogP contribution in [0.5, 0.6) is 11.5 Å². The van der Waals surface area contributed by atoms with Crippen molar-refractivity contribution in [2.24, 2.45) is 0 Å². The third kappa shape index (κ3) is 8.28. The van der Waals surface area contributed by atoms with Gasteiger partial charge in [0.25, 0.3) is 0 Å². The Bertz CT molecular complexity index is 1090. The Morgan fingerprint density at radius 1 is 0.610 bits per heavy atom. The van der Waals surface area contributed by atoms with Gasteiger partial charge in [0, 0.05) is 17.5 Å². The Hall–Kier alpha value is -1.60. The maximum Gasteiger partial charge on any atom is 0.505 e. The van der Waals surface area contributed by atoms with Gasteiger partial charge in [-0.25, -0.2) is 0 Å². The third-order valence-corrected chi connectivity index (χ3v) is 9.69. The summed E-state index contributed by atoms with van der Waals surface area (Å²) in [7, 11) is -2.64. The lowest BCUT2D eigenvalue weighted by atomic mass is 9.73. The van der Waals surface area contributed by atoms with Gasteiger partial charge in [0.1, 0.15) is 11.5 Å². The van der Waals surface area contributed by atoms with Gasteiger partial charge in [0.05, 0.1) is 0 Å². The first kappa shape index (κ1) is 33.9. The lowest BCUT2D eigenvalue weighted by molar-refractivity contribution is 0.388. The van der Waals surface area contributed by atoms with E-state index in [9.17, 15) is 0 Å². The SMILES string of the molecule is CCCCCC(C)(C)c1cc(C(C)(C)C)cc2c1OP(F)Oc1c(cc(C(C)(C)C)cc1C(C)(C)CCCCC)C2. The largest absolute Gasteiger partial charge is 0.505 e. The quantitative estimate of drug-likeness (QED) is 0.204. The molecule has 2 aromatic rings. The van der Waals surface area contributed by atoms with Crippen LogP contribution in [0, 0.1) is 0 Å². The maximum atomic E-state index is 16.0. The molecule has 0 atom stereocenters. The lowest BCUT2D eigenvalue weighted by Gasteiger charge is -2.35. The fourth-order valence-corrected chi connectivity index (χ4v) is 6.75. The third-order valence-electron chi connectivity index (χ3n) is 9.04. The topological polar surface area (TPSA) is 18.5 Å². The number of rotatable bonds is 10. The highest BCUT2D eigenvalue weighted by Crippen LogP contribution is 2.54. The summed E-state index contributed by atoms with van der Waals surface area (Å²) in [5, 5.41) is 0. The van der Waals surface area contributed by atoms with Crippen molar-refractivity contribution in [1.29, 1.82) is 0 Å². The van der Waals surface area contributed by atoms with Gasteiger partial charge >= 0.3 is 8.69 Å². The van der Waals surface area contributed by atoms with Crippen molar-refractivity contribution in [2.75, 3.05) is 0 Å². The summed E-state index contributed by atoms with van der Waals surface area (Å²) in [6, 6.07) is 9.11. The molecule has 0 fully saturated rings. The predicted octanol–water partition coefficient (Wildman–Crippen LogP) is 12.6. The van der Waals surface area contributed by atoms with E-state index in [0.717, 1.165) is 47.9 Å². The van der Waals surface area contributed by atoms with E-state index in [1.165, 1.54) is 36.8 Å². The van der Waals surface area contributed by atoms with Crippen LogP contribution in [0.1, 0.15) is 168 Å². The molecule has 1 aliphatic heterocycles. The molecule has 2 aromatic carbocycles. The van der Waals surface area contributed by atoms with E-state index in [1.54, 1.807) is 0 Å². The van der Waals surface area contributed by atoms with Crippen molar-refractivity contribution in [3.05, 3.63) is 57.6 Å². The van der Waals surface area contributed by atoms with Gasteiger partial charge in [-0.15, -0.1) is 4.20 Å². The van der Waals surface area contributed by atoms with Crippen LogP contribution in [0.2, 0.25) is 0 Å². The van der Waals surface area contributed by atoms with Crippen molar-refractivity contribution < 1.29 is 13.2 Å². The normalized spacial score (nSPS) is 15.0. The van der Waals surface area contributed by atoms with E-state index < -0.39 is 8.69 Å². The molecule has 41 heavy (non-hydrogen) atoms. The molecule has 0 unspecified atom stereocenters. The predicted molar refractivity (Wildman–Crippen MR) is 177 cm³/mol. The Morgan fingerprint density at radius 2 is 0.976 bits per heavy atom. The smallest absolute Gasteiger partial charge is 0.414 e. The van der Waals surface area contributed by atoms with Crippen molar-refractivity contribution in [2.45, 2.75) is 163 Å². The Labute approximate surface area is 253 Å². The molecule has 0 spiro atoms. The van der Waals surface area contributed by atoms with Gasteiger partial charge in [-0.1, -0.05) is 146 Å². The highest BCUT2D eigenvalue weighted by Gasteiger charge is 2.36. The second-order valence-corrected chi connectivity index (χ2v) is 16.6. The van der Waals surface area contributed by atoms with Crippen LogP contribution in [0.15, 0.2) is 24.3 Å². The van der Waals surface area contributed by atoms with Gasteiger partial charge in [-0.05, 0) is 56.8 Å². The summed E-state index contributed by atoms with van der Waals surface area (Å²) in [6.45, 7) is 27.2. The monoisotopic (exact) mass is 584 g/mol. The van der Waals surface area contributed by atoms with Crippen LogP contribution in [-0.4, -0.2) is 0 Å². The van der Waals surface area contributed by atoms with Crippen LogP contribution in [0.4, 0.5) is 4.20 Å². The van der Waals surface area contributed by atoms with Crippen LogP contribution >= 0.6 is 8.69 Å². The summed E-state index contributed by atoms with van der Waals surface area (Å²) >= 11 is 0. The van der Waals surface area contributed by atoms with E-state index >= 15 is 4.20 Å². The Morgan fingerprint density at radius 3 is 1.29 bits per heavy atom. The lowest BCUT2D eigenvalue weighted by Crippen LogP contribution is -2.24. The standard InChI is InChI=1S/C37H58FO2P/c1-13-15-17-19-36(9,10)30-24-28(34(3,4)5)22-26-21-27-23-29(35(6,7)8)25-31(37(11,12)20-18-16-14-2)33(27)40-41(38)39-32(26)30/h22-25H,13-21H2,1-12H3. The highest BCUT2D eigenvalue weighted by atomic mass is 31.2. The van der Waals surface area contributed by atoms with Crippen LogP contribution in [0.3, 0.4) is 0 Å². The van der Waals surface area contributed by atoms with Crippen molar-refractivity contribution in [3.63, 3.8) is 0 Å². The Balaban J connectivity index is 2.28. The average Bonchev–Trinajstić information content (AvgIpc) is 2.83. The zero-order valence-electron chi connectivity index (χ0n) is 28.3. The first-order chi connectivity index (χ1) is 18.9. The number of hydrogen-bond donors (Lipinski definition) is 0.